The van der Waals surface area contributed by atoms with Gasteiger partial charge in [-0.1, -0.05) is 202 Å². The molecular weight excluding hydrogens is 847 g/mol. The first-order valence-electron chi connectivity index (χ1n) is 26.4. The van der Waals surface area contributed by atoms with E-state index in [0.29, 0.717) is 12.8 Å². The third kappa shape index (κ3) is 33.1. The van der Waals surface area contributed by atoms with Crippen LogP contribution >= 0.6 is 0 Å². The highest BCUT2D eigenvalue weighted by molar-refractivity contribution is 5.80. The van der Waals surface area contributed by atoms with Crippen molar-refractivity contribution in [3.63, 3.8) is 0 Å². The molecule has 0 saturated carbocycles. The lowest BCUT2D eigenvalue weighted by Gasteiger charge is -2.41. The maximum Gasteiger partial charge on any atom is 0.306 e. The van der Waals surface area contributed by atoms with Crippen LogP contribution in [0.5, 0.6) is 0 Å². The Bertz CT molecular complexity index is 1410. The number of aliphatic hydroxyl groups is 5. The van der Waals surface area contributed by atoms with Crippen molar-refractivity contribution in [1.82, 2.24) is 5.32 Å². The summed E-state index contributed by atoms with van der Waals surface area (Å²) in [6.45, 7) is 5.46. The molecule has 8 unspecified atom stereocenters. The molecule has 1 amide bonds. The number of amides is 1. The van der Waals surface area contributed by atoms with Gasteiger partial charge in [-0.15, -0.1) is 0 Å². The molecule has 1 aliphatic heterocycles. The molecule has 0 aromatic rings. The SMILES string of the molecule is CC/C=C/C=C/C=C\C=C/CCCCC(O)C(=O)NC(COC1OC(CO)C(O)C(O)C1OC(=O)CCCCCCCCC/C=C/C/C=C/CC)C(O)/C=C/CCCCCCCCCCCC. The Balaban J connectivity index is 2.81. The van der Waals surface area contributed by atoms with Gasteiger partial charge in [-0.2, -0.15) is 0 Å². The summed E-state index contributed by atoms with van der Waals surface area (Å²) in [6.07, 6.45) is 45.0. The molecule has 0 radical (unpaired) electrons. The van der Waals surface area contributed by atoms with E-state index in [0.717, 1.165) is 96.3 Å². The molecule has 11 heteroatoms. The van der Waals surface area contributed by atoms with Crippen LogP contribution in [0.4, 0.5) is 0 Å². The fraction of sp³-hybridized carbons (Fsp3) is 0.714. The van der Waals surface area contributed by atoms with Crippen LogP contribution in [-0.2, 0) is 23.8 Å². The molecule has 67 heavy (non-hydrogen) atoms. The Labute approximate surface area is 406 Å². The fourth-order valence-electron chi connectivity index (χ4n) is 7.70. The van der Waals surface area contributed by atoms with Gasteiger partial charge in [-0.25, -0.2) is 0 Å². The van der Waals surface area contributed by atoms with Crippen molar-refractivity contribution >= 4 is 11.9 Å². The lowest BCUT2D eigenvalue weighted by molar-refractivity contribution is -0.305. The van der Waals surface area contributed by atoms with Gasteiger partial charge in [0.25, 0.3) is 0 Å². The molecule has 8 atom stereocenters. The molecule has 384 valence electrons. The van der Waals surface area contributed by atoms with E-state index in [1.54, 1.807) is 6.08 Å². The van der Waals surface area contributed by atoms with E-state index in [4.69, 9.17) is 14.2 Å². The zero-order valence-electron chi connectivity index (χ0n) is 42.0. The average Bonchev–Trinajstić information content (AvgIpc) is 3.32. The van der Waals surface area contributed by atoms with Crippen LogP contribution in [0.15, 0.2) is 85.1 Å². The van der Waals surface area contributed by atoms with Gasteiger partial charge in [0.05, 0.1) is 25.4 Å². The Morgan fingerprint density at radius 1 is 0.612 bits per heavy atom. The summed E-state index contributed by atoms with van der Waals surface area (Å²) in [5.74, 6) is -1.25. The smallest absolute Gasteiger partial charge is 0.306 e. The topological polar surface area (TPSA) is 175 Å². The van der Waals surface area contributed by atoms with E-state index in [9.17, 15) is 35.1 Å². The van der Waals surface area contributed by atoms with Gasteiger partial charge in [0.15, 0.2) is 12.4 Å². The second kappa shape index (κ2) is 44.1. The van der Waals surface area contributed by atoms with E-state index >= 15 is 0 Å². The molecule has 1 heterocycles. The van der Waals surface area contributed by atoms with Gasteiger partial charge in [-0.3, -0.25) is 9.59 Å². The predicted molar refractivity (Wildman–Crippen MR) is 273 cm³/mol. The number of hydrogen-bond acceptors (Lipinski definition) is 10. The van der Waals surface area contributed by atoms with E-state index < -0.39 is 67.4 Å². The average molecular weight is 942 g/mol. The van der Waals surface area contributed by atoms with E-state index in [1.807, 2.05) is 48.6 Å². The zero-order chi connectivity index (χ0) is 49.0. The molecule has 0 aliphatic carbocycles. The maximum atomic E-state index is 13.3. The number of rotatable bonds is 42. The number of unbranched alkanes of at least 4 members (excludes halogenated alkanes) is 19. The summed E-state index contributed by atoms with van der Waals surface area (Å²) >= 11 is 0. The highest BCUT2D eigenvalue weighted by atomic mass is 16.7. The third-order valence-electron chi connectivity index (χ3n) is 11.9. The minimum absolute atomic E-state index is 0.105. The Kier molecular flexibility index (Phi) is 40.7. The molecular formula is C56H95NO10. The van der Waals surface area contributed by atoms with Crippen LogP contribution in [0.25, 0.3) is 0 Å². The molecule has 1 aliphatic rings. The second-order valence-electron chi connectivity index (χ2n) is 17.9. The predicted octanol–water partition coefficient (Wildman–Crippen LogP) is 11.0. The van der Waals surface area contributed by atoms with Gasteiger partial charge in [0, 0.05) is 6.42 Å². The van der Waals surface area contributed by atoms with Gasteiger partial charge in [-0.05, 0) is 70.6 Å². The summed E-state index contributed by atoms with van der Waals surface area (Å²) in [7, 11) is 0. The number of aliphatic hydroxyl groups excluding tert-OH is 5. The van der Waals surface area contributed by atoms with Crippen molar-refractivity contribution < 1.29 is 49.3 Å². The highest BCUT2D eigenvalue weighted by Crippen LogP contribution is 2.26. The van der Waals surface area contributed by atoms with Crippen LogP contribution in [0, 0.1) is 0 Å². The van der Waals surface area contributed by atoms with E-state index in [1.165, 1.54) is 51.4 Å². The lowest BCUT2D eigenvalue weighted by atomic mass is 9.99. The third-order valence-corrected chi connectivity index (χ3v) is 11.9. The fourth-order valence-corrected chi connectivity index (χ4v) is 7.70. The van der Waals surface area contributed by atoms with Crippen LogP contribution in [0.2, 0.25) is 0 Å². The number of carbonyl (C=O) groups excluding carboxylic acids is 2. The van der Waals surface area contributed by atoms with E-state index in [-0.39, 0.29) is 19.4 Å². The molecule has 6 N–H and O–H groups in total. The molecule has 0 aromatic carbocycles. The molecule has 0 bridgehead atoms. The van der Waals surface area contributed by atoms with Crippen LogP contribution < -0.4 is 5.32 Å². The minimum Gasteiger partial charge on any atom is -0.454 e. The normalized spacial score (nSPS) is 20.7. The standard InChI is InChI=1S/C56H95NO10/c1-4-7-10-13-16-19-22-25-26-29-32-35-38-41-44-51(61)67-54-53(63)52(62)50(45-58)66-56(54)65-46-47(48(59)42-39-36-33-30-27-23-20-17-14-11-8-5-2)57-55(64)49(60)43-40-37-34-31-28-24-21-18-15-12-9-6-3/h7,9-10,12,15-16,18-19,21,24,28,31,39,42,47-50,52-54,56,58-60,62-63H,4-6,8,11,13-14,17,20,22-23,25-27,29-30,32-38,40-41,43-46H2,1-3H3,(H,57,64)/b10-7+,12-9+,18-15+,19-16+,24-21-,31-28-,42-39+. The van der Waals surface area contributed by atoms with Crippen LogP contribution in [0.1, 0.15) is 194 Å². The molecule has 11 nitrogen and oxygen atoms in total. The van der Waals surface area contributed by atoms with Gasteiger partial charge in [0.1, 0.15) is 24.4 Å². The summed E-state index contributed by atoms with van der Waals surface area (Å²) in [6, 6.07) is -1.05. The number of esters is 1. The first kappa shape index (κ1) is 61.9. The monoisotopic (exact) mass is 942 g/mol. The molecule has 0 aromatic heterocycles. The number of carbonyl (C=O) groups is 2. The summed E-state index contributed by atoms with van der Waals surface area (Å²) < 4.78 is 17.5. The second-order valence-corrected chi connectivity index (χ2v) is 17.9. The van der Waals surface area contributed by atoms with Gasteiger partial charge < -0.3 is 45.1 Å². The largest absolute Gasteiger partial charge is 0.454 e. The first-order valence-corrected chi connectivity index (χ1v) is 26.4. The van der Waals surface area contributed by atoms with Crippen molar-refractivity contribution in [3.8, 4) is 0 Å². The number of hydrogen-bond donors (Lipinski definition) is 6. The van der Waals surface area contributed by atoms with Crippen molar-refractivity contribution in [2.24, 2.45) is 0 Å². The lowest BCUT2D eigenvalue weighted by Crippen LogP contribution is -2.61. The molecule has 1 fully saturated rings. The Morgan fingerprint density at radius 3 is 1.78 bits per heavy atom. The van der Waals surface area contributed by atoms with Crippen molar-refractivity contribution in [1.29, 1.82) is 0 Å². The maximum absolute atomic E-state index is 13.3. The van der Waals surface area contributed by atoms with Crippen LogP contribution in [0.3, 0.4) is 0 Å². The van der Waals surface area contributed by atoms with Gasteiger partial charge >= 0.3 is 5.97 Å². The molecule has 1 saturated heterocycles. The van der Waals surface area contributed by atoms with Crippen molar-refractivity contribution in [2.75, 3.05) is 13.2 Å². The van der Waals surface area contributed by atoms with Crippen LogP contribution in [-0.4, -0.2) is 99.6 Å². The van der Waals surface area contributed by atoms with Crippen molar-refractivity contribution in [2.45, 2.75) is 243 Å². The summed E-state index contributed by atoms with van der Waals surface area (Å²) in [4.78, 5) is 26.3. The summed E-state index contributed by atoms with van der Waals surface area (Å²) in [5.41, 5.74) is 0. The quantitative estimate of drug-likeness (QED) is 0.0150. The number of nitrogens with one attached hydrogen (secondary N) is 1. The Hall–Kier alpha value is -3.16. The van der Waals surface area contributed by atoms with Gasteiger partial charge in [0.2, 0.25) is 5.91 Å². The Morgan fingerprint density at radius 2 is 1.15 bits per heavy atom. The minimum atomic E-state index is -1.63. The van der Waals surface area contributed by atoms with E-state index in [2.05, 4.69) is 56.5 Å². The molecule has 1 rings (SSSR count). The first-order chi connectivity index (χ1) is 32.7. The highest BCUT2D eigenvalue weighted by Gasteiger charge is 2.47. The zero-order valence-corrected chi connectivity index (χ0v) is 42.0. The number of allylic oxidation sites excluding steroid dienone is 13. The van der Waals surface area contributed by atoms with Crippen molar-refractivity contribution in [3.05, 3.63) is 85.1 Å². The summed E-state index contributed by atoms with van der Waals surface area (Å²) in [5, 5.41) is 56.5. The molecule has 0 spiro atoms. The number of ether oxygens (including phenoxy) is 3.